The van der Waals surface area contributed by atoms with Crippen LogP contribution in [0.5, 0.6) is 0 Å². The molecule has 0 heterocycles. The lowest BCUT2D eigenvalue weighted by Crippen LogP contribution is -2.27. The average molecular weight is 408 g/mol. The molecule has 2 aromatic rings. The van der Waals surface area contributed by atoms with Crippen LogP contribution < -0.4 is 15.4 Å². The van der Waals surface area contributed by atoms with Gasteiger partial charge in [-0.2, -0.15) is 0 Å². The molecule has 0 spiro atoms. The zero-order valence-electron chi connectivity index (χ0n) is 14.5. The molecule has 2 aromatic carbocycles. The third-order valence-corrected chi connectivity index (χ3v) is 5.84. The second-order valence-corrected chi connectivity index (χ2v) is 8.39. The van der Waals surface area contributed by atoms with Crippen LogP contribution >= 0.6 is 11.6 Å². The van der Waals surface area contributed by atoms with Crippen LogP contribution in [0.15, 0.2) is 47.4 Å². The lowest BCUT2D eigenvalue weighted by molar-refractivity contribution is 0.0952. The van der Waals surface area contributed by atoms with E-state index < -0.39 is 15.9 Å². The van der Waals surface area contributed by atoms with Crippen molar-refractivity contribution in [1.82, 2.24) is 10.0 Å². The Kier molecular flexibility index (Phi) is 5.50. The van der Waals surface area contributed by atoms with E-state index in [0.717, 1.165) is 12.8 Å². The number of hydrogen-bond acceptors (Lipinski definition) is 4. The highest BCUT2D eigenvalue weighted by Gasteiger charge is 2.25. The molecule has 0 unspecified atom stereocenters. The highest BCUT2D eigenvalue weighted by atomic mass is 35.5. The zero-order valence-corrected chi connectivity index (χ0v) is 16.0. The van der Waals surface area contributed by atoms with Crippen molar-refractivity contribution in [3.8, 4) is 0 Å². The van der Waals surface area contributed by atoms with Crippen LogP contribution in [0.4, 0.5) is 5.69 Å². The highest BCUT2D eigenvalue weighted by molar-refractivity contribution is 7.89. The Balaban J connectivity index is 1.88. The zero-order chi connectivity index (χ0) is 19.6. The molecule has 0 atom stereocenters. The van der Waals surface area contributed by atoms with Crippen LogP contribution in [0.2, 0.25) is 5.02 Å². The Labute approximate surface area is 162 Å². The summed E-state index contributed by atoms with van der Waals surface area (Å²) in [6.45, 7) is 0. The molecule has 9 heteroatoms. The van der Waals surface area contributed by atoms with Gasteiger partial charge < -0.3 is 10.6 Å². The first kappa shape index (κ1) is 19.3. The third-order valence-electron chi connectivity index (χ3n) is 4.09. The Morgan fingerprint density at radius 3 is 2.41 bits per heavy atom. The quantitative estimate of drug-likeness (QED) is 0.683. The summed E-state index contributed by atoms with van der Waals surface area (Å²) in [4.78, 5) is 24.9. The van der Waals surface area contributed by atoms with Crippen molar-refractivity contribution in [3.05, 3.63) is 58.6 Å². The Hall–Kier alpha value is -2.42. The van der Waals surface area contributed by atoms with Gasteiger partial charge in [0, 0.05) is 6.04 Å². The van der Waals surface area contributed by atoms with Crippen molar-refractivity contribution < 1.29 is 18.0 Å². The Bertz CT molecular complexity index is 1000. The number of anilines is 1. The van der Waals surface area contributed by atoms with Gasteiger partial charge in [0.05, 0.1) is 26.7 Å². The maximum Gasteiger partial charge on any atom is 0.257 e. The Morgan fingerprint density at radius 1 is 1.04 bits per heavy atom. The number of sulfonamides is 1. The molecule has 27 heavy (non-hydrogen) atoms. The second kappa shape index (κ2) is 7.67. The number of carbonyl (C=O) groups is 2. The number of carbonyl (C=O) groups excluding carboxylic acids is 2. The minimum Gasteiger partial charge on any atom is -0.349 e. The summed E-state index contributed by atoms with van der Waals surface area (Å²) >= 11 is 6.07. The monoisotopic (exact) mass is 407 g/mol. The predicted octanol–water partition coefficient (Wildman–Crippen LogP) is 2.39. The summed E-state index contributed by atoms with van der Waals surface area (Å²) in [6.07, 6.45) is 1.89. The topological polar surface area (TPSA) is 104 Å². The first-order valence-corrected chi connectivity index (χ1v) is 10.1. The summed E-state index contributed by atoms with van der Waals surface area (Å²) in [5.41, 5.74) is 0.636. The van der Waals surface area contributed by atoms with Gasteiger partial charge in [0.25, 0.3) is 11.8 Å². The minimum absolute atomic E-state index is 0.00889. The second-order valence-electron chi connectivity index (χ2n) is 6.10. The molecule has 1 aliphatic rings. The molecule has 1 saturated carbocycles. The molecular formula is C18H18ClN3O4S. The fourth-order valence-electron chi connectivity index (χ4n) is 2.43. The van der Waals surface area contributed by atoms with Crippen molar-refractivity contribution >= 4 is 39.1 Å². The number of amides is 2. The third kappa shape index (κ3) is 4.47. The lowest BCUT2D eigenvalue weighted by Gasteiger charge is -2.12. The number of nitrogens with one attached hydrogen (secondary N) is 3. The van der Waals surface area contributed by atoms with Gasteiger partial charge in [-0.1, -0.05) is 23.7 Å². The average Bonchev–Trinajstić information content (AvgIpc) is 3.46. The summed E-state index contributed by atoms with van der Waals surface area (Å²) in [5, 5.41) is 5.61. The van der Waals surface area contributed by atoms with Crippen molar-refractivity contribution in [2.45, 2.75) is 23.8 Å². The summed E-state index contributed by atoms with van der Waals surface area (Å²) in [6, 6.07) is 10.6. The van der Waals surface area contributed by atoms with Gasteiger partial charge in [-0.25, -0.2) is 13.1 Å². The van der Waals surface area contributed by atoms with Gasteiger partial charge in [0.2, 0.25) is 10.0 Å². The van der Waals surface area contributed by atoms with Crippen LogP contribution in [0.1, 0.15) is 33.6 Å². The highest BCUT2D eigenvalue weighted by Crippen LogP contribution is 2.24. The molecule has 3 rings (SSSR count). The molecule has 2 amide bonds. The van der Waals surface area contributed by atoms with Gasteiger partial charge in [0.1, 0.15) is 0 Å². The van der Waals surface area contributed by atoms with Gasteiger partial charge >= 0.3 is 0 Å². The van der Waals surface area contributed by atoms with Gasteiger partial charge in [0.15, 0.2) is 0 Å². The number of rotatable bonds is 6. The SMILES string of the molecule is CNS(=O)(=O)c1ccc(Cl)c(C(=O)Nc2ccccc2C(=O)NC2CC2)c1. The number of halogens is 1. The fourth-order valence-corrected chi connectivity index (χ4v) is 3.39. The fraction of sp³-hybridized carbons (Fsp3) is 0.222. The molecule has 0 bridgehead atoms. The normalized spacial score (nSPS) is 13.9. The number of benzene rings is 2. The molecule has 7 nitrogen and oxygen atoms in total. The van der Waals surface area contributed by atoms with Gasteiger partial charge in [-0.3, -0.25) is 9.59 Å². The van der Waals surface area contributed by atoms with Crippen molar-refractivity contribution in [2.24, 2.45) is 0 Å². The molecule has 1 fully saturated rings. The van der Waals surface area contributed by atoms with Crippen molar-refractivity contribution in [2.75, 3.05) is 12.4 Å². The van der Waals surface area contributed by atoms with Crippen LogP contribution in [-0.4, -0.2) is 33.3 Å². The lowest BCUT2D eigenvalue weighted by atomic mass is 10.1. The molecule has 0 saturated heterocycles. The van der Waals surface area contributed by atoms with E-state index in [1.54, 1.807) is 24.3 Å². The molecule has 0 aliphatic heterocycles. The number of hydrogen-bond donors (Lipinski definition) is 3. The molecule has 3 N–H and O–H groups in total. The van der Waals surface area contributed by atoms with Crippen LogP contribution in [0, 0.1) is 0 Å². The van der Waals surface area contributed by atoms with E-state index >= 15 is 0 Å². The summed E-state index contributed by atoms with van der Waals surface area (Å²) in [5.74, 6) is -0.883. The van der Waals surface area contributed by atoms with Gasteiger partial charge in [-0.05, 0) is 50.2 Å². The van der Waals surface area contributed by atoms with E-state index in [9.17, 15) is 18.0 Å². The largest absolute Gasteiger partial charge is 0.349 e. The molecule has 0 radical (unpaired) electrons. The van der Waals surface area contributed by atoms with Crippen LogP contribution in [0.3, 0.4) is 0 Å². The number of para-hydroxylation sites is 1. The maximum absolute atomic E-state index is 12.7. The van der Waals surface area contributed by atoms with E-state index in [0.29, 0.717) is 11.3 Å². The van der Waals surface area contributed by atoms with E-state index in [4.69, 9.17) is 11.6 Å². The molecular weight excluding hydrogens is 390 g/mol. The van der Waals surface area contributed by atoms with E-state index in [-0.39, 0.29) is 27.4 Å². The van der Waals surface area contributed by atoms with Crippen LogP contribution in [0.25, 0.3) is 0 Å². The molecule has 142 valence electrons. The van der Waals surface area contributed by atoms with E-state index in [1.807, 2.05) is 0 Å². The smallest absolute Gasteiger partial charge is 0.257 e. The molecule has 0 aromatic heterocycles. The van der Waals surface area contributed by atoms with Gasteiger partial charge in [-0.15, -0.1) is 0 Å². The van der Waals surface area contributed by atoms with Crippen LogP contribution in [-0.2, 0) is 10.0 Å². The first-order chi connectivity index (χ1) is 12.8. The summed E-state index contributed by atoms with van der Waals surface area (Å²) < 4.78 is 26.1. The molecule has 1 aliphatic carbocycles. The predicted molar refractivity (Wildman–Crippen MR) is 103 cm³/mol. The Morgan fingerprint density at radius 2 is 1.74 bits per heavy atom. The first-order valence-electron chi connectivity index (χ1n) is 8.26. The van der Waals surface area contributed by atoms with Crippen molar-refractivity contribution in [1.29, 1.82) is 0 Å². The van der Waals surface area contributed by atoms with E-state index in [2.05, 4.69) is 15.4 Å². The standard InChI is InChI=1S/C18H18ClN3O4S/c1-20-27(25,26)12-8-9-15(19)14(10-12)18(24)22-16-5-3-2-4-13(16)17(23)21-11-6-7-11/h2-5,8-11,20H,6-7H2,1H3,(H,21,23)(H,22,24). The maximum atomic E-state index is 12.7. The summed E-state index contributed by atoms with van der Waals surface area (Å²) in [7, 11) is -2.45. The minimum atomic E-state index is -3.72. The van der Waals surface area contributed by atoms with E-state index in [1.165, 1.54) is 25.2 Å². The van der Waals surface area contributed by atoms with Crippen molar-refractivity contribution in [3.63, 3.8) is 0 Å².